The van der Waals surface area contributed by atoms with E-state index in [9.17, 15) is 14.0 Å². The first-order valence-electron chi connectivity index (χ1n) is 9.39. The van der Waals surface area contributed by atoms with Crippen molar-refractivity contribution >= 4 is 17.6 Å². The minimum Gasteiger partial charge on any atom is -0.343 e. The fraction of sp³-hybridized carbons (Fsp3) is 0.450. The largest absolute Gasteiger partial charge is 0.343 e. The second-order valence-corrected chi connectivity index (χ2v) is 7.01. The van der Waals surface area contributed by atoms with Gasteiger partial charge >= 0.3 is 0 Å². The van der Waals surface area contributed by atoms with Gasteiger partial charge in [-0.25, -0.2) is 4.39 Å². The van der Waals surface area contributed by atoms with Gasteiger partial charge in [-0.2, -0.15) is 5.10 Å². The molecule has 0 unspecified atom stereocenters. The zero-order valence-corrected chi connectivity index (χ0v) is 15.5. The molecule has 2 amide bonds. The van der Waals surface area contributed by atoms with Gasteiger partial charge in [0.1, 0.15) is 11.6 Å². The van der Waals surface area contributed by atoms with Gasteiger partial charge in [0.05, 0.1) is 6.20 Å². The fourth-order valence-electron chi connectivity index (χ4n) is 3.53. The summed E-state index contributed by atoms with van der Waals surface area (Å²) in [6, 6.07) is 6.37. The first kappa shape index (κ1) is 19.1. The van der Waals surface area contributed by atoms with Gasteiger partial charge in [0.15, 0.2) is 0 Å². The van der Waals surface area contributed by atoms with Gasteiger partial charge < -0.3 is 10.2 Å². The van der Waals surface area contributed by atoms with E-state index in [1.807, 2.05) is 7.05 Å². The number of carbonyl (C=O) groups is 2. The highest BCUT2D eigenvalue weighted by Crippen LogP contribution is 2.26. The summed E-state index contributed by atoms with van der Waals surface area (Å²) >= 11 is 0. The van der Waals surface area contributed by atoms with E-state index in [-0.39, 0.29) is 30.5 Å². The van der Waals surface area contributed by atoms with Crippen LogP contribution >= 0.6 is 0 Å². The van der Waals surface area contributed by atoms with E-state index in [2.05, 4.69) is 15.5 Å². The number of H-pyrrole nitrogens is 1. The lowest BCUT2D eigenvalue weighted by Crippen LogP contribution is -2.38. The van der Waals surface area contributed by atoms with Crippen molar-refractivity contribution in [2.24, 2.45) is 0 Å². The Kier molecular flexibility index (Phi) is 6.21. The molecule has 1 fully saturated rings. The quantitative estimate of drug-likeness (QED) is 0.811. The van der Waals surface area contributed by atoms with Crippen LogP contribution in [0.2, 0.25) is 0 Å². The van der Waals surface area contributed by atoms with Crippen LogP contribution in [0.1, 0.15) is 44.9 Å². The van der Waals surface area contributed by atoms with Gasteiger partial charge in [-0.15, -0.1) is 0 Å². The number of hydrogen-bond acceptors (Lipinski definition) is 3. The molecule has 0 aliphatic heterocycles. The molecule has 1 saturated carbocycles. The molecule has 1 aliphatic carbocycles. The maximum atomic E-state index is 13.4. The molecule has 7 heteroatoms. The van der Waals surface area contributed by atoms with E-state index in [0.29, 0.717) is 23.0 Å². The summed E-state index contributed by atoms with van der Waals surface area (Å²) in [4.78, 5) is 26.4. The monoisotopic (exact) mass is 372 g/mol. The molecule has 27 heavy (non-hydrogen) atoms. The summed E-state index contributed by atoms with van der Waals surface area (Å²) in [5.74, 6) is -0.240. The number of aromatic nitrogens is 2. The van der Waals surface area contributed by atoms with Crippen LogP contribution in [0.4, 0.5) is 10.2 Å². The minimum atomic E-state index is -0.359. The van der Waals surface area contributed by atoms with Crippen LogP contribution in [0.25, 0.3) is 11.1 Å². The number of amides is 2. The van der Waals surface area contributed by atoms with Crippen molar-refractivity contribution in [1.82, 2.24) is 15.1 Å². The number of rotatable bonds is 6. The van der Waals surface area contributed by atoms with Gasteiger partial charge in [-0.3, -0.25) is 14.7 Å². The number of nitrogens with zero attached hydrogens (tertiary/aromatic N) is 2. The highest BCUT2D eigenvalue weighted by atomic mass is 19.1. The lowest BCUT2D eigenvalue weighted by molar-refractivity contribution is -0.134. The zero-order chi connectivity index (χ0) is 19.2. The van der Waals surface area contributed by atoms with Crippen LogP contribution in [0.5, 0.6) is 0 Å². The molecule has 2 aromatic rings. The third-order valence-electron chi connectivity index (χ3n) is 5.12. The molecule has 0 saturated heterocycles. The molecule has 144 valence electrons. The van der Waals surface area contributed by atoms with Crippen LogP contribution < -0.4 is 5.32 Å². The highest BCUT2D eigenvalue weighted by molar-refractivity contribution is 5.95. The van der Waals surface area contributed by atoms with E-state index in [0.717, 1.165) is 25.7 Å². The molecule has 0 atom stereocenters. The second-order valence-electron chi connectivity index (χ2n) is 7.01. The number of nitrogens with one attached hydrogen (secondary N) is 2. The Hall–Kier alpha value is -2.70. The molecule has 2 N–H and O–H groups in total. The average molecular weight is 372 g/mol. The molecule has 1 aliphatic rings. The number of carbonyl (C=O) groups excluding carboxylic acids is 2. The van der Waals surface area contributed by atoms with Gasteiger partial charge in [-0.1, -0.05) is 31.4 Å². The van der Waals surface area contributed by atoms with Crippen molar-refractivity contribution in [3.63, 3.8) is 0 Å². The number of anilines is 1. The summed E-state index contributed by atoms with van der Waals surface area (Å²) < 4.78 is 13.4. The van der Waals surface area contributed by atoms with E-state index in [4.69, 9.17) is 0 Å². The van der Waals surface area contributed by atoms with Gasteiger partial charge in [0.25, 0.3) is 0 Å². The number of benzene rings is 1. The molecule has 3 rings (SSSR count). The summed E-state index contributed by atoms with van der Waals surface area (Å²) in [5.41, 5.74) is 1.22. The third kappa shape index (κ3) is 4.93. The number of aromatic amines is 1. The number of hydrogen-bond donors (Lipinski definition) is 2. The third-order valence-corrected chi connectivity index (χ3v) is 5.12. The molecule has 1 aromatic carbocycles. The van der Waals surface area contributed by atoms with Crippen molar-refractivity contribution < 1.29 is 14.0 Å². The van der Waals surface area contributed by atoms with Gasteiger partial charge in [0.2, 0.25) is 11.8 Å². The Balaban J connectivity index is 1.54. The van der Waals surface area contributed by atoms with Crippen molar-refractivity contribution in [1.29, 1.82) is 0 Å². The van der Waals surface area contributed by atoms with Crippen molar-refractivity contribution in [3.05, 3.63) is 36.3 Å². The van der Waals surface area contributed by atoms with Crippen LogP contribution in [0.3, 0.4) is 0 Å². The normalized spacial score (nSPS) is 14.7. The predicted molar refractivity (Wildman–Crippen MR) is 101 cm³/mol. The molecular formula is C20H25FN4O2. The summed E-state index contributed by atoms with van der Waals surface area (Å²) in [5, 5.41) is 9.38. The molecule has 1 heterocycles. The summed E-state index contributed by atoms with van der Waals surface area (Å²) in [6.45, 7) is 0. The Morgan fingerprint density at radius 3 is 2.78 bits per heavy atom. The van der Waals surface area contributed by atoms with Crippen LogP contribution in [0, 0.1) is 5.82 Å². The summed E-state index contributed by atoms with van der Waals surface area (Å²) in [6.07, 6.45) is 7.43. The fourth-order valence-corrected chi connectivity index (χ4v) is 3.53. The Bertz CT molecular complexity index is 799. The number of halogens is 1. The van der Waals surface area contributed by atoms with E-state index >= 15 is 0 Å². The maximum absolute atomic E-state index is 13.4. The van der Waals surface area contributed by atoms with Gasteiger partial charge in [0, 0.05) is 31.5 Å². The summed E-state index contributed by atoms with van der Waals surface area (Å²) in [7, 11) is 1.83. The first-order chi connectivity index (χ1) is 13.0. The highest BCUT2D eigenvalue weighted by Gasteiger charge is 2.22. The van der Waals surface area contributed by atoms with E-state index < -0.39 is 0 Å². The molecule has 0 spiro atoms. The minimum absolute atomic E-state index is 0.00739. The lowest BCUT2D eigenvalue weighted by atomic mass is 9.94. The molecule has 1 aromatic heterocycles. The molecule has 0 bridgehead atoms. The zero-order valence-electron chi connectivity index (χ0n) is 15.5. The van der Waals surface area contributed by atoms with Crippen LogP contribution in [-0.2, 0) is 9.59 Å². The molecular weight excluding hydrogens is 347 g/mol. The van der Waals surface area contributed by atoms with Gasteiger partial charge in [-0.05, 0) is 30.5 Å². The smallest absolute Gasteiger partial charge is 0.226 e. The second kappa shape index (κ2) is 8.79. The van der Waals surface area contributed by atoms with E-state index in [1.165, 1.54) is 24.8 Å². The van der Waals surface area contributed by atoms with Crippen LogP contribution in [0.15, 0.2) is 30.5 Å². The Morgan fingerprint density at radius 1 is 1.26 bits per heavy atom. The molecule has 6 nitrogen and oxygen atoms in total. The van der Waals surface area contributed by atoms with Crippen molar-refractivity contribution in [2.45, 2.75) is 51.0 Å². The van der Waals surface area contributed by atoms with Crippen molar-refractivity contribution in [3.8, 4) is 11.1 Å². The maximum Gasteiger partial charge on any atom is 0.226 e. The SMILES string of the molecule is CN(C(=O)CCC(=O)Nc1[nH]ncc1-c1cccc(F)c1)C1CCCCC1. The lowest BCUT2D eigenvalue weighted by Gasteiger charge is -2.31. The topological polar surface area (TPSA) is 78.1 Å². The Morgan fingerprint density at radius 2 is 2.04 bits per heavy atom. The standard InChI is InChI=1S/C20H25FN4O2/c1-25(16-8-3-2-4-9-16)19(27)11-10-18(26)23-20-17(13-22-24-20)14-6-5-7-15(21)12-14/h5-7,12-13,16H,2-4,8-11H2,1H3,(H2,22,23,24,26). The predicted octanol–water partition coefficient (Wildman–Crippen LogP) is 3.73. The first-order valence-corrected chi connectivity index (χ1v) is 9.39. The molecule has 0 radical (unpaired) electrons. The Labute approximate surface area is 158 Å². The van der Waals surface area contributed by atoms with Crippen molar-refractivity contribution in [2.75, 3.05) is 12.4 Å². The average Bonchev–Trinajstić information content (AvgIpc) is 3.14. The van der Waals surface area contributed by atoms with E-state index in [1.54, 1.807) is 17.0 Å². The van der Waals surface area contributed by atoms with Crippen LogP contribution in [-0.4, -0.2) is 40.0 Å².